The molecule has 0 aromatic heterocycles. The van der Waals surface area contributed by atoms with Crippen molar-refractivity contribution < 1.29 is 4.74 Å². The summed E-state index contributed by atoms with van der Waals surface area (Å²) in [6, 6.07) is 5.15. The summed E-state index contributed by atoms with van der Waals surface area (Å²) in [6.45, 7) is 4.00. The van der Waals surface area contributed by atoms with Gasteiger partial charge in [-0.1, -0.05) is 13.8 Å². The monoisotopic (exact) mass is 168 g/mol. The van der Waals surface area contributed by atoms with Gasteiger partial charge in [0, 0.05) is 5.69 Å². The highest BCUT2D eigenvalue weighted by atomic mass is 16.5. The maximum atomic E-state index is 5.53. The van der Waals surface area contributed by atoms with Crippen LogP contribution in [0.25, 0.3) is 0 Å². The Morgan fingerprint density at radius 2 is 1.75 bits per heavy atom. The van der Waals surface area contributed by atoms with Crippen molar-refractivity contribution in [3.63, 3.8) is 0 Å². The number of ether oxygens (including phenoxy) is 1. The molecule has 3 nitrogen and oxygen atoms in total. The third-order valence-electron chi connectivity index (χ3n) is 1.25. The number of benzene rings is 1. The smallest absolute Gasteiger partial charge is 0.141 e. The van der Waals surface area contributed by atoms with Crippen LogP contribution in [0.1, 0.15) is 13.8 Å². The quantitative estimate of drug-likeness (QED) is 0.629. The predicted molar refractivity (Wildman–Crippen MR) is 53.2 cm³/mol. The van der Waals surface area contributed by atoms with Crippen LogP contribution in [0.5, 0.6) is 5.75 Å². The number of nitrogens with two attached hydrogens (primary N) is 2. The Balaban J connectivity index is 0.000000561. The van der Waals surface area contributed by atoms with Crippen molar-refractivity contribution in [3.05, 3.63) is 18.2 Å². The second-order valence-corrected chi connectivity index (χ2v) is 2.00. The van der Waals surface area contributed by atoms with Gasteiger partial charge in [-0.15, -0.1) is 0 Å². The van der Waals surface area contributed by atoms with E-state index in [1.165, 1.54) is 0 Å². The molecule has 3 heteroatoms. The first-order valence-corrected chi connectivity index (χ1v) is 3.93. The van der Waals surface area contributed by atoms with Crippen molar-refractivity contribution in [1.29, 1.82) is 0 Å². The molecular formula is C9H16N2O. The van der Waals surface area contributed by atoms with E-state index in [4.69, 9.17) is 16.2 Å². The summed E-state index contributed by atoms with van der Waals surface area (Å²) in [5.41, 5.74) is 12.2. The van der Waals surface area contributed by atoms with E-state index in [9.17, 15) is 0 Å². The number of hydrogen-bond acceptors (Lipinski definition) is 3. The molecule has 0 aliphatic carbocycles. The minimum absolute atomic E-state index is 0.572. The Morgan fingerprint density at radius 3 is 2.17 bits per heavy atom. The van der Waals surface area contributed by atoms with Gasteiger partial charge in [0.15, 0.2) is 0 Å². The van der Waals surface area contributed by atoms with Gasteiger partial charge in [-0.3, -0.25) is 0 Å². The molecule has 4 N–H and O–H groups in total. The zero-order valence-electron chi connectivity index (χ0n) is 7.79. The van der Waals surface area contributed by atoms with E-state index in [1.807, 2.05) is 13.8 Å². The zero-order chi connectivity index (χ0) is 9.56. The first-order valence-electron chi connectivity index (χ1n) is 3.93. The predicted octanol–water partition coefficient (Wildman–Crippen LogP) is 1.89. The van der Waals surface area contributed by atoms with Crippen LogP contribution in [0.15, 0.2) is 18.2 Å². The van der Waals surface area contributed by atoms with Crippen LogP contribution >= 0.6 is 0 Å². The summed E-state index contributed by atoms with van der Waals surface area (Å²) in [6.07, 6.45) is 0. The second-order valence-electron chi connectivity index (χ2n) is 2.00. The van der Waals surface area contributed by atoms with E-state index in [0.29, 0.717) is 17.1 Å². The van der Waals surface area contributed by atoms with Crippen LogP contribution in [0.2, 0.25) is 0 Å². The van der Waals surface area contributed by atoms with Crippen molar-refractivity contribution in [2.75, 3.05) is 18.6 Å². The van der Waals surface area contributed by atoms with Gasteiger partial charge in [0.2, 0.25) is 0 Å². The average molecular weight is 168 g/mol. The van der Waals surface area contributed by atoms with Crippen LogP contribution in [-0.2, 0) is 0 Å². The standard InChI is InChI=1S/C7H10N2O.C2H6/c1-10-7-3-2-5(8)4-6(7)9;1-2/h2-4H,8-9H2,1H3;1-2H3. The SMILES string of the molecule is CC.COc1ccc(N)cc1N. The van der Waals surface area contributed by atoms with Gasteiger partial charge in [0.25, 0.3) is 0 Å². The average Bonchev–Trinajstić information content (AvgIpc) is 2.08. The molecule has 0 unspecified atom stereocenters. The number of methoxy groups -OCH3 is 1. The van der Waals surface area contributed by atoms with Crippen molar-refractivity contribution in [2.45, 2.75) is 13.8 Å². The lowest BCUT2D eigenvalue weighted by Crippen LogP contribution is -1.93. The van der Waals surface area contributed by atoms with Crippen molar-refractivity contribution in [1.82, 2.24) is 0 Å². The molecule has 0 bridgehead atoms. The van der Waals surface area contributed by atoms with Crippen molar-refractivity contribution in [3.8, 4) is 5.75 Å². The highest BCUT2D eigenvalue weighted by Crippen LogP contribution is 2.22. The lowest BCUT2D eigenvalue weighted by molar-refractivity contribution is 0.417. The summed E-state index contributed by atoms with van der Waals surface area (Å²) < 4.78 is 4.92. The molecule has 12 heavy (non-hydrogen) atoms. The van der Waals surface area contributed by atoms with Gasteiger partial charge in [-0.2, -0.15) is 0 Å². The molecule has 1 rings (SSSR count). The maximum Gasteiger partial charge on any atom is 0.141 e. The molecule has 1 aromatic carbocycles. The van der Waals surface area contributed by atoms with Gasteiger partial charge < -0.3 is 16.2 Å². The minimum atomic E-state index is 0.572. The maximum absolute atomic E-state index is 5.53. The Labute approximate surface area is 73.3 Å². The van der Waals surface area contributed by atoms with Crippen LogP contribution in [-0.4, -0.2) is 7.11 Å². The second kappa shape index (κ2) is 5.29. The van der Waals surface area contributed by atoms with Crippen LogP contribution < -0.4 is 16.2 Å². The summed E-state index contributed by atoms with van der Waals surface area (Å²) in [5.74, 6) is 0.661. The lowest BCUT2D eigenvalue weighted by Gasteiger charge is -2.03. The topological polar surface area (TPSA) is 61.3 Å². The molecule has 0 atom stereocenters. The Morgan fingerprint density at radius 1 is 1.17 bits per heavy atom. The summed E-state index contributed by atoms with van der Waals surface area (Å²) in [7, 11) is 1.57. The van der Waals surface area contributed by atoms with E-state index >= 15 is 0 Å². The van der Waals surface area contributed by atoms with Crippen molar-refractivity contribution >= 4 is 11.4 Å². The third kappa shape index (κ3) is 2.70. The van der Waals surface area contributed by atoms with Gasteiger partial charge in [-0.25, -0.2) is 0 Å². The third-order valence-corrected chi connectivity index (χ3v) is 1.25. The van der Waals surface area contributed by atoms with E-state index in [2.05, 4.69) is 0 Å². The van der Waals surface area contributed by atoms with E-state index < -0.39 is 0 Å². The van der Waals surface area contributed by atoms with E-state index in [1.54, 1.807) is 25.3 Å². The molecule has 0 saturated carbocycles. The summed E-state index contributed by atoms with van der Waals surface area (Å²) in [4.78, 5) is 0. The molecule has 1 aromatic rings. The lowest BCUT2D eigenvalue weighted by atomic mass is 10.2. The molecular weight excluding hydrogens is 152 g/mol. The molecule has 0 radical (unpaired) electrons. The number of nitrogen functional groups attached to an aromatic ring is 2. The Hall–Kier alpha value is -1.38. The van der Waals surface area contributed by atoms with E-state index in [-0.39, 0.29) is 0 Å². The molecule has 0 aliphatic heterocycles. The van der Waals surface area contributed by atoms with Crippen LogP contribution in [0.3, 0.4) is 0 Å². The number of anilines is 2. The van der Waals surface area contributed by atoms with E-state index in [0.717, 1.165) is 0 Å². The minimum Gasteiger partial charge on any atom is -0.495 e. The Bertz CT molecular complexity index is 236. The molecule has 0 saturated heterocycles. The van der Waals surface area contributed by atoms with Crippen LogP contribution in [0.4, 0.5) is 11.4 Å². The Kier molecular flexibility index (Phi) is 4.69. The molecule has 0 aliphatic rings. The van der Waals surface area contributed by atoms with Gasteiger partial charge in [0.05, 0.1) is 12.8 Å². The normalized spacial score (nSPS) is 8.25. The number of rotatable bonds is 1. The zero-order valence-corrected chi connectivity index (χ0v) is 7.79. The fourth-order valence-corrected chi connectivity index (χ4v) is 0.753. The van der Waals surface area contributed by atoms with Gasteiger partial charge >= 0.3 is 0 Å². The molecule has 0 heterocycles. The summed E-state index contributed by atoms with van der Waals surface area (Å²) in [5, 5.41) is 0. The highest BCUT2D eigenvalue weighted by Gasteiger charge is 1.96. The largest absolute Gasteiger partial charge is 0.495 e. The summed E-state index contributed by atoms with van der Waals surface area (Å²) >= 11 is 0. The number of hydrogen-bond donors (Lipinski definition) is 2. The molecule has 0 fully saturated rings. The molecule has 0 spiro atoms. The fraction of sp³-hybridized carbons (Fsp3) is 0.333. The highest BCUT2D eigenvalue weighted by molar-refractivity contribution is 5.60. The first-order chi connectivity index (χ1) is 5.74. The molecule has 0 amide bonds. The van der Waals surface area contributed by atoms with Gasteiger partial charge in [0.1, 0.15) is 5.75 Å². The molecule has 68 valence electrons. The van der Waals surface area contributed by atoms with Gasteiger partial charge in [-0.05, 0) is 18.2 Å². The fourth-order valence-electron chi connectivity index (χ4n) is 0.753. The first kappa shape index (κ1) is 10.6. The van der Waals surface area contributed by atoms with Crippen molar-refractivity contribution in [2.24, 2.45) is 0 Å². The van der Waals surface area contributed by atoms with Crippen LogP contribution in [0, 0.1) is 0 Å².